The Morgan fingerprint density at radius 3 is 2.74 bits per heavy atom. The van der Waals surface area contributed by atoms with Crippen molar-refractivity contribution in [1.29, 1.82) is 0 Å². The van der Waals surface area contributed by atoms with Gasteiger partial charge in [-0.3, -0.25) is 4.79 Å². The van der Waals surface area contributed by atoms with Gasteiger partial charge in [-0.1, -0.05) is 13.3 Å². The van der Waals surface area contributed by atoms with Gasteiger partial charge in [0, 0.05) is 13.5 Å². The predicted octanol–water partition coefficient (Wildman–Crippen LogP) is 2.41. The minimum Gasteiger partial charge on any atom is -0.461 e. The first kappa shape index (κ1) is 14.8. The molecule has 0 spiro atoms. The van der Waals surface area contributed by atoms with Crippen molar-refractivity contribution in [3.05, 3.63) is 0 Å². The van der Waals surface area contributed by atoms with E-state index in [2.05, 4.69) is 12.2 Å². The molecule has 4 nitrogen and oxygen atoms in total. The zero-order valence-corrected chi connectivity index (χ0v) is 12.2. The lowest BCUT2D eigenvalue weighted by molar-refractivity contribution is -0.160. The highest BCUT2D eigenvalue weighted by molar-refractivity contribution is 5.81. The van der Waals surface area contributed by atoms with Crippen LogP contribution in [-0.4, -0.2) is 37.4 Å². The van der Waals surface area contributed by atoms with E-state index in [0.717, 1.165) is 57.9 Å². The van der Waals surface area contributed by atoms with E-state index in [9.17, 15) is 4.79 Å². The summed E-state index contributed by atoms with van der Waals surface area (Å²) in [5.74, 6) is -0.0337. The first-order valence-electron chi connectivity index (χ1n) is 7.69. The van der Waals surface area contributed by atoms with E-state index in [1.807, 2.05) is 0 Å². The summed E-state index contributed by atoms with van der Waals surface area (Å²) in [5.41, 5.74) is -0.408. The molecule has 110 valence electrons. The molecule has 1 aliphatic carbocycles. The zero-order chi connectivity index (χ0) is 13.7. The van der Waals surface area contributed by atoms with Crippen molar-refractivity contribution in [2.45, 2.75) is 76.0 Å². The van der Waals surface area contributed by atoms with Crippen LogP contribution in [0.2, 0.25) is 0 Å². The van der Waals surface area contributed by atoms with Crippen molar-refractivity contribution >= 4 is 5.97 Å². The van der Waals surface area contributed by atoms with Gasteiger partial charge in [-0.25, -0.2) is 0 Å². The van der Waals surface area contributed by atoms with Gasteiger partial charge in [-0.15, -0.1) is 0 Å². The summed E-state index contributed by atoms with van der Waals surface area (Å²) < 4.78 is 11.2. The van der Waals surface area contributed by atoms with Crippen LogP contribution in [0.4, 0.5) is 0 Å². The van der Waals surface area contributed by atoms with Crippen LogP contribution in [0.1, 0.15) is 58.3 Å². The van der Waals surface area contributed by atoms with Gasteiger partial charge in [0.15, 0.2) is 0 Å². The Morgan fingerprint density at radius 2 is 2.11 bits per heavy atom. The largest absolute Gasteiger partial charge is 0.461 e. The minimum absolute atomic E-state index is 0.0337. The molecule has 2 rings (SSSR count). The van der Waals surface area contributed by atoms with Crippen LogP contribution in [-0.2, 0) is 14.3 Å². The van der Waals surface area contributed by atoms with Crippen LogP contribution in [0.15, 0.2) is 0 Å². The standard InChI is InChI=1S/C15H27NO3/c1-3-8-15(9-5-10-16-15)14(17)19-13-7-4-6-12(11-13)18-2/h12-13,16H,3-11H2,1-2H3. The molecule has 0 amide bonds. The molecule has 1 N–H and O–H groups in total. The van der Waals surface area contributed by atoms with E-state index in [1.54, 1.807) is 7.11 Å². The third kappa shape index (κ3) is 3.48. The highest BCUT2D eigenvalue weighted by Crippen LogP contribution is 2.29. The minimum atomic E-state index is -0.408. The van der Waals surface area contributed by atoms with Gasteiger partial charge >= 0.3 is 5.97 Å². The zero-order valence-electron chi connectivity index (χ0n) is 12.2. The molecule has 1 saturated heterocycles. The molecule has 0 aromatic rings. The Balaban J connectivity index is 1.91. The maximum absolute atomic E-state index is 12.5. The number of esters is 1. The Hall–Kier alpha value is -0.610. The molecule has 1 heterocycles. The van der Waals surface area contributed by atoms with E-state index in [-0.39, 0.29) is 18.2 Å². The molecule has 2 fully saturated rings. The average molecular weight is 269 g/mol. The maximum atomic E-state index is 12.5. The second-order valence-electron chi connectivity index (χ2n) is 5.91. The predicted molar refractivity (Wildman–Crippen MR) is 74.0 cm³/mol. The number of methoxy groups -OCH3 is 1. The lowest BCUT2D eigenvalue weighted by Crippen LogP contribution is -2.50. The van der Waals surface area contributed by atoms with E-state index in [4.69, 9.17) is 9.47 Å². The Kier molecular flexibility index (Phi) is 5.22. The van der Waals surface area contributed by atoms with Gasteiger partial charge in [0.05, 0.1) is 6.10 Å². The van der Waals surface area contributed by atoms with Crippen LogP contribution >= 0.6 is 0 Å². The Labute approximate surface area is 116 Å². The second-order valence-corrected chi connectivity index (χ2v) is 5.91. The lowest BCUT2D eigenvalue weighted by Gasteiger charge is -2.32. The first-order valence-corrected chi connectivity index (χ1v) is 7.69. The van der Waals surface area contributed by atoms with Crippen LogP contribution in [0, 0.1) is 0 Å². The fraction of sp³-hybridized carbons (Fsp3) is 0.933. The van der Waals surface area contributed by atoms with Gasteiger partial charge in [-0.2, -0.15) is 0 Å². The Morgan fingerprint density at radius 1 is 1.32 bits per heavy atom. The molecule has 19 heavy (non-hydrogen) atoms. The summed E-state index contributed by atoms with van der Waals surface area (Å²) in [7, 11) is 1.74. The van der Waals surface area contributed by atoms with Crippen LogP contribution < -0.4 is 5.32 Å². The van der Waals surface area contributed by atoms with Gasteiger partial charge in [0.25, 0.3) is 0 Å². The van der Waals surface area contributed by atoms with Crippen LogP contribution in [0.5, 0.6) is 0 Å². The summed E-state index contributed by atoms with van der Waals surface area (Å²) in [6, 6.07) is 0. The van der Waals surface area contributed by atoms with Gasteiger partial charge in [0.2, 0.25) is 0 Å². The molecule has 1 aliphatic heterocycles. The van der Waals surface area contributed by atoms with Crippen molar-refractivity contribution in [2.24, 2.45) is 0 Å². The maximum Gasteiger partial charge on any atom is 0.326 e. The second kappa shape index (κ2) is 6.71. The summed E-state index contributed by atoms with van der Waals surface area (Å²) in [4.78, 5) is 12.5. The lowest BCUT2D eigenvalue weighted by atomic mass is 9.91. The normalized spacial score (nSPS) is 35.3. The van der Waals surface area contributed by atoms with Gasteiger partial charge in [0.1, 0.15) is 11.6 Å². The number of hydrogen-bond acceptors (Lipinski definition) is 4. The number of carbonyl (C=O) groups is 1. The number of carbonyl (C=O) groups excluding carboxylic acids is 1. The molecular weight excluding hydrogens is 242 g/mol. The van der Waals surface area contributed by atoms with Crippen molar-refractivity contribution in [3.63, 3.8) is 0 Å². The van der Waals surface area contributed by atoms with E-state index in [1.165, 1.54) is 0 Å². The van der Waals surface area contributed by atoms with Gasteiger partial charge in [-0.05, 0) is 45.1 Å². The molecule has 0 radical (unpaired) electrons. The fourth-order valence-electron chi connectivity index (χ4n) is 3.41. The summed E-state index contributed by atoms with van der Waals surface area (Å²) >= 11 is 0. The van der Waals surface area contributed by atoms with Crippen molar-refractivity contribution in [1.82, 2.24) is 5.32 Å². The molecule has 3 unspecified atom stereocenters. The highest BCUT2D eigenvalue weighted by Gasteiger charge is 2.42. The summed E-state index contributed by atoms with van der Waals surface area (Å²) in [6.07, 6.45) is 8.18. The quantitative estimate of drug-likeness (QED) is 0.779. The molecule has 1 saturated carbocycles. The molecular formula is C15H27NO3. The molecule has 3 atom stereocenters. The number of rotatable bonds is 5. The van der Waals surface area contributed by atoms with Crippen LogP contribution in [0.25, 0.3) is 0 Å². The third-order valence-electron chi connectivity index (χ3n) is 4.50. The number of ether oxygens (including phenoxy) is 2. The molecule has 0 aromatic carbocycles. The average Bonchev–Trinajstić information content (AvgIpc) is 2.89. The van der Waals surface area contributed by atoms with Crippen LogP contribution in [0.3, 0.4) is 0 Å². The highest BCUT2D eigenvalue weighted by atomic mass is 16.5. The monoisotopic (exact) mass is 269 g/mol. The smallest absolute Gasteiger partial charge is 0.326 e. The van der Waals surface area contributed by atoms with E-state index < -0.39 is 5.54 Å². The van der Waals surface area contributed by atoms with E-state index in [0.29, 0.717) is 0 Å². The van der Waals surface area contributed by atoms with Crippen molar-refractivity contribution in [3.8, 4) is 0 Å². The molecule has 4 heteroatoms. The van der Waals surface area contributed by atoms with Crippen molar-refractivity contribution in [2.75, 3.05) is 13.7 Å². The number of hydrogen-bond donors (Lipinski definition) is 1. The molecule has 2 aliphatic rings. The fourth-order valence-corrected chi connectivity index (χ4v) is 3.41. The van der Waals surface area contributed by atoms with E-state index >= 15 is 0 Å². The molecule has 0 bridgehead atoms. The topological polar surface area (TPSA) is 47.6 Å². The summed E-state index contributed by atoms with van der Waals surface area (Å²) in [5, 5.41) is 3.38. The molecule has 0 aromatic heterocycles. The summed E-state index contributed by atoms with van der Waals surface area (Å²) in [6.45, 7) is 3.05. The van der Waals surface area contributed by atoms with Gasteiger partial charge < -0.3 is 14.8 Å². The SMILES string of the molecule is CCCC1(C(=O)OC2CCCC(OC)C2)CCCN1. The van der Waals surface area contributed by atoms with Crippen molar-refractivity contribution < 1.29 is 14.3 Å². The number of nitrogens with one attached hydrogen (secondary N) is 1. The third-order valence-corrected chi connectivity index (χ3v) is 4.50. The first-order chi connectivity index (χ1) is 9.20. The Bertz CT molecular complexity index is 300.